The molecule has 4 rings (SSSR count). The molecular formula is C23H19ClN2O4S2. The fraction of sp³-hybridized carbons (Fsp3) is 0.174. The minimum Gasteiger partial charge on any atom is -0.379 e. The van der Waals surface area contributed by atoms with Crippen LogP contribution in [-0.4, -0.2) is 25.4 Å². The van der Waals surface area contributed by atoms with Crippen molar-refractivity contribution in [3.8, 4) is 5.75 Å². The molecule has 2 aromatic carbocycles. The van der Waals surface area contributed by atoms with E-state index < -0.39 is 15.7 Å². The number of halogens is 1. The third-order valence-corrected chi connectivity index (χ3v) is 7.83. The van der Waals surface area contributed by atoms with Crippen molar-refractivity contribution in [1.29, 1.82) is 0 Å². The van der Waals surface area contributed by atoms with Crippen LogP contribution in [0.25, 0.3) is 0 Å². The molecule has 1 atom stereocenters. The van der Waals surface area contributed by atoms with E-state index in [1.807, 2.05) is 0 Å². The highest BCUT2D eigenvalue weighted by molar-refractivity contribution is 7.87. The number of carbonyl (C=O) groups is 1. The summed E-state index contributed by atoms with van der Waals surface area (Å²) < 4.78 is 30.1. The van der Waals surface area contributed by atoms with Crippen molar-refractivity contribution in [2.45, 2.75) is 30.2 Å². The molecule has 1 unspecified atom stereocenters. The number of nitrogens with zero attached hydrogens (tertiary/aromatic N) is 2. The van der Waals surface area contributed by atoms with E-state index in [2.05, 4.69) is 23.8 Å². The molecule has 0 aliphatic carbocycles. The summed E-state index contributed by atoms with van der Waals surface area (Å²) in [6.45, 7) is 4.13. The first-order valence-electron chi connectivity index (χ1n) is 9.75. The van der Waals surface area contributed by atoms with Crippen molar-refractivity contribution in [3.63, 3.8) is 0 Å². The number of hydrogen-bond donors (Lipinski definition) is 0. The number of aliphatic imine (C=N–C) groups is 1. The third kappa shape index (κ3) is 4.26. The number of carbonyl (C=O) groups excluding carboxylic acids is 1. The van der Waals surface area contributed by atoms with E-state index >= 15 is 0 Å². The average molecular weight is 487 g/mol. The van der Waals surface area contributed by atoms with Crippen LogP contribution < -0.4 is 4.18 Å². The molecule has 32 heavy (non-hydrogen) atoms. The Kier molecular flexibility index (Phi) is 6.03. The lowest BCUT2D eigenvalue weighted by molar-refractivity contribution is 0.0923. The Hall–Kier alpha value is -2.81. The van der Waals surface area contributed by atoms with Gasteiger partial charge in [0.25, 0.3) is 0 Å². The molecule has 164 valence electrons. The number of hydrogen-bond acceptors (Lipinski definition) is 7. The summed E-state index contributed by atoms with van der Waals surface area (Å²) >= 11 is 7.27. The maximum atomic E-state index is 13.4. The summed E-state index contributed by atoms with van der Waals surface area (Å²) in [5.74, 6) is 0.133. The lowest BCUT2D eigenvalue weighted by Crippen LogP contribution is -2.30. The predicted molar refractivity (Wildman–Crippen MR) is 126 cm³/mol. The fourth-order valence-corrected chi connectivity index (χ4v) is 5.23. The van der Waals surface area contributed by atoms with Crippen molar-refractivity contribution in [3.05, 3.63) is 87.4 Å². The molecule has 2 heterocycles. The van der Waals surface area contributed by atoms with E-state index in [4.69, 9.17) is 15.8 Å². The molecule has 0 bridgehead atoms. The van der Waals surface area contributed by atoms with Crippen LogP contribution in [0.15, 0.2) is 76.8 Å². The first kappa shape index (κ1) is 22.4. The number of ketones is 1. The molecule has 1 aliphatic rings. The molecule has 0 spiro atoms. The molecule has 1 aliphatic heterocycles. The monoisotopic (exact) mass is 486 g/mol. The smallest absolute Gasteiger partial charge is 0.339 e. The van der Waals surface area contributed by atoms with E-state index in [9.17, 15) is 13.2 Å². The average Bonchev–Trinajstić information content (AvgIpc) is 3.45. The second-order valence-electron chi connectivity index (χ2n) is 7.47. The van der Waals surface area contributed by atoms with Gasteiger partial charge in [0.2, 0.25) is 5.78 Å². The van der Waals surface area contributed by atoms with Gasteiger partial charge in [-0.25, -0.2) is 4.98 Å². The highest BCUT2D eigenvalue weighted by Crippen LogP contribution is 2.38. The van der Waals surface area contributed by atoms with Gasteiger partial charge in [0.15, 0.2) is 5.54 Å². The van der Waals surface area contributed by atoms with E-state index in [0.717, 1.165) is 4.88 Å². The number of allylic oxidation sites excluding steroid dienone is 1. The standard InChI is InChI=1S/C23H19ClN2O4S2/c1-15(2)20-14-25-22(31-20)23(12-3-13-26-23)21(27)16-4-8-18(9-5-16)30-32(28,29)19-10-6-17(24)7-11-19/h3-15H,1-2H3. The third-order valence-electron chi connectivity index (χ3n) is 4.89. The maximum absolute atomic E-state index is 13.4. The first-order chi connectivity index (χ1) is 15.2. The highest BCUT2D eigenvalue weighted by Gasteiger charge is 2.42. The van der Waals surface area contributed by atoms with Gasteiger partial charge in [-0.2, -0.15) is 8.42 Å². The summed E-state index contributed by atoms with van der Waals surface area (Å²) in [5.41, 5.74) is -0.846. The van der Waals surface area contributed by atoms with Crippen LogP contribution in [0.5, 0.6) is 5.75 Å². The number of Topliss-reactive ketones (excluding diaryl/α,β-unsaturated/α-hetero) is 1. The molecule has 0 fully saturated rings. The summed E-state index contributed by atoms with van der Waals surface area (Å²) in [6, 6.07) is 11.6. The molecule has 0 saturated heterocycles. The first-order valence-corrected chi connectivity index (χ1v) is 12.4. The Morgan fingerprint density at radius 2 is 1.78 bits per heavy atom. The van der Waals surface area contributed by atoms with Crippen LogP contribution in [0.4, 0.5) is 0 Å². The number of rotatable bonds is 7. The van der Waals surface area contributed by atoms with Crippen LogP contribution in [0, 0.1) is 0 Å². The normalized spacial score (nSPS) is 17.8. The van der Waals surface area contributed by atoms with Gasteiger partial charge in [0.05, 0.1) is 0 Å². The quantitative estimate of drug-likeness (QED) is 0.329. The lowest BCUT2D eigenvalue weighted by Gasteiger charge is -2.20. The van der Waals surface area contributed by atoms with Crippen LogP contribution in [0.2, 0.25) is 5.02 Å². The van der Waals surface area contributed by atoms with Crippen molar-refractivity contribution in [2.24, 2.45) is 4.99 Å². The van der Waals surface area contributed by atoms with Crippen LogP contribution in [0.3, 0.4) is 0 Å². The largest absolute Gasteiger partial charge is 0.379 e. The fourth-order valence-electron chi connectivity index (χ4n) is 3.13. The van der Waals surface area contributed by atoms with Gasteiger partial charge in [-0.05, 0) is 66.6 Å². The SMILES string of the molecule is CC(C)c1cnc(C2(C(=O)c3ccc(OS(=O)(=O)c4ccc(Cl)cc4)cc3)C=CC=N2)s1. The van der Waals surface area contributed by atoms with Gasteiger partial charge < -0.3 is 4.18 Å². The molecule has 0 saturated carbocycles. The van der Waals surface area contributed by atoms with Crippen LogP contribution in [0.1, 0.15) is 40.0 Å². The minimum absolute atomic E-state index is 0.0174. The molecular weight excluding hydrogens is 468 g/mol. The molecule has 9 heteroatoms. The van der Waals surface area contributed by atoms with Crippen LogP contribution >= 0.6 is 22.9 Å². The molecule has 6 nitrogen and oxygen atoms in total. The number of benzene rings is 2. The van der Waals surface area contributed by atoms with Gasteiger partial charge in [-0.1, -0.05) is 25.4 Å². The second kappa shape index (κ2) is 8.61. The zero-order valence-corrected chi connectivity index (χ0v) is 19.6. The summed E-state index contributed by atoms with van der Waals surface area (Å²) in [4.78, 5) is 23.4. The minimum atomic E-state index is -4.03. The summed E-state index contributed by atoms with van der Waals surface area (Å²) in [7, 11) is -4.03. The zero-order chi connectivity index (χ0) is 22.9. The topological polar surface area (TPSA) is 85.7 Å². The van der Waals surface area contributed by atoms with Gasteiger partial charge >= 0.3 is 10.1 Å². The molecule has 0 amide bonds. The van der Waals surface area contributed by atoms with Gasteiger partial charge in [-0.15, -0.1) is 11.3 Å². The van der Waals surface area contributed by atoms with Crippen molar-refractivity contribution in [2.75, 3.05) is 0 Å². The predicted octanol–water partition coefficient (Wildman–Crippen LogP) is 5.41. The number of aromatic nitrogens is 1. The zero-order valence-electron chi connectivity index (χ0n) is 17.2. The lowest BCUT2D eigenvalue weighted by atomic mass is 9.91. The Morgan fingerprint density at radius 3 is 2.34 bits per heavy atom. The number of thiazole rings is 1. The molecule has 0 N–H and O–H groups in total. The molecule has 1 aromatic heterocycles. The Morgan fingerprint density at radius 1 is 1.09 bits per heavy atom. The maximum Gasteiger partial charge on any atom is 0.339 e. The van der Waals surface area contributed by atoms with Crippen LogP contribution in [-0.2, 0) is 15.7 Å². The summed E-state index contributed by atoms with van der Waals surface area (Å²) in [6.07, 6.45) is 6.82. The van der Waals surface area contributed by atoms with E-state index in [-0.39, 0.29) is 16.4 Å². The second-order valence-corrected chi connectivity index (χ2v) is 10.5. The molecule has 3 aromatic rings. The Bertz CT molecular complexity index is 1300. The van der Waals surface area contributed by atoms with Gasteiger partial charge in [-0.3, -0.25) is 9.79 Å². The van der Waals surface area contributed by atoms with E-state index in [1.54, 1.807) is 24.6 Å². The van der Waals surface area contributed by atoms with E-state index in [0.29, 0.717) is 21.5 Å². The molecule has 0 radical (unpaired) electrons. The Labute approximate surface area is 195 Å². The highest BCUT2D eigenvalue weighted by atomic mass is 35.5. The van der Waals surface area contributed by atoms with Gasteiger partial charge in [0, 0.05) is 27.9 Å². The Balaban J connectivity index is 1.59. The summed E-state index contributed by atoms with van der Waals surface area (Å²) in [5, 5.41) is 1.02. The van der Waals surface area contributed by atoms with Gasteiger partial charge in [0.1, 0.15) is 15.7 Å². The van der Waals surface area contributed by atoms with Crippen molar-refractivity contribution >= 4 is 45.1 Å². The van der Waals surface area contributed by atoms with E-state index in [1.165, 1.54) is 59.9 Å². The van der Waals surface area contributed by atoms with Crippen molar-refractivity contribution < 1.29 is 17.4 Å². The van der Waals surface area contributed by atoms with Crippen molar-refractivity contribution in [1.82, 2.24) is 4.98 Å².